The van der Waals surface area contributed by atoms with E-state index in [4.69, 9.17) is 14.6 Å². The molecule has 2 N–H and O–H groups in total. The molecule has 0 fully saturated rings. The molecule has 6 nitrogen and oxygen atoms in total. The van der Waals surface area contributed by atoms with Crippen LogP contribution in [0.3, 0.4) is 0 Å². The van der Waals surface area contributed by atoms with Crippen molar-refractivity contribution in [2.24, 2.45) is 0 Å². The summed E-state index contributed by atoms with van der Waals surface area (Å²) in [6.45, 7) is 3.59. The molecule has 21 heavy (non-hydrogen) atoms. The number of rotatable bonds is 7. The van der Waals surface area contributed by atoms with Gasteiger partial charge < -0.3 is 19.9 Å². The zero-order valence-corrected chi connectivity index (χ0v) is 12.5. The minimum absolute atomic E-state index is 0.0900. The number of amides is 1. The number of carboxylic acid groups (broad SMARTS) is 1. The highest BCUT2D eigenvalue weighted by Crippen LogP contribution is 2.16. The third-order valence-corrected chi connectivity index (χ3v) is 3.05. The number of aliphatic carboxylic acids is 1. The summed E-state index contributed by atoms with van der Waals surface area (Å²) in [4.78, 5) is 22.8. The number of hydrogen-bond donors (Lipinski definition) is 2. The van der Waals surface area contributed by atoms with Gasteiger partial charge in [0, 0.05) is 13.5 Å². The molecule has 0 saturated carbocycles. The van der Waals surface area contributed by atoms with E-state index in [1.54, 1.807) is 13.8 Å². The molecule has 0 saturated heterocycles. The number of carbonyl (C=O) groups excluding carboxylic acids is 1. The smallest absolute Gasteiger partial charge is 0.408 e. The fourth-order valence-electron chi connectivity index (χ4n) is 1.68. The zero-order valence-electron chi connectivity index (χ0n) is 12.5. The van der Waals surface area contributed by atoms with Crippen LogP contribution in [0.25, 0.3) is 0 Å². The van der Waals surface area contributed by atoms with Gasteiger partial charge >= 0.3 is 12.1 Å². The summed E-state index contributed by atoms with van der Waals surface area (Å²) in [6, 6.07) is 8.08. The quantitative estimate of drug-likeness (QED) is 0.805. The van der Waals surface area contributed by atoms with E-state index < -0.39 is 23.7 Å². The van der Waals surface area contributed by atoms with Gasteiger partial charge in [-0.1, -0.05) is 30.3 Å². The summed E-state index contributed by atoms with van der Waals surface area (Å²) in [7, 11) is 1.49. The Bertz CT molecular complexity index is 472. The van der Waals surface area contributed by atoms with Crippen LogP contribution in [-0.4, -0.2) is 35.9 Å². The number of benzene rings is 1. The van der Waals surface area contributed by atoms with Gasteiger partial charge in [-0.3, -0.25) is 0 Å². The lowest BCUT2D eigenvalue weighted by Crippen LogP contribution is -2.45. The Balaban J connectivity index is 2.51. The lowest BCUT2D eigenvalue weighted by molar-refractivity contribution is -0.141. The lowest BCUT2D eigenvalue weighted by Gasteiger charge is -2.26. The maximum atomic E-state index is 11.7. The van der Waals surface area contributed by atoms with Gasteiger partial charge in [0.15, 0.2) is 0 Å². The largest absolute Gasteiger partial charge is 0.480 e. The van der Waals surface area contributed by atoms with E-state index in [2.05, 4.69) is 5.32 Å². The Morgan fingerprint density at radius 1 is 1.29 bits per heavy atom. The van der Waals surface area contributed by atoms with Crippen LogP contribution in [0.5, 0.6) is 0 Å². The fourth-order valence-corrected chi connectivity index (χ4v) is 1.68. The molecular formula is C15H21NO5. The second-order valence-electron chi connectivity index (χ2n) is 5.26. The normalized spacial score (nSPS) is 12.5. The van der Waals surface area contributed by atoms with Crippen LogP contribution in [0.15, 0.2) is 30.3 Å². The number of ether oxygens (including phenoxy) is 2. The van der Waals surface area contributed by atoms with Gasteiger partial charge in [0.25, 0.3) is 0 Å². The molecule has 6 heteroatoms. The molecule has 1 aromatic carbocycles. The van der Waals surface area contributed by atoms with Crippen molar-refractivity contribution >= 4 is 12.1 Å². The van der Waals surface area contributed by atoms with Crippen molar-refractivity contribution < 1.29 is 24.2 Å². The molecule has 0 heterocycles. The molecule has 1 atom stereocenters. The molecule has 1 amide bonds. The summed E-state index contributed by atoms with van der Waals surface area (Å²) < 4.78 is 10.2. The Kier molecular flexibility index (Phi) is 6.17. The molecule has 116 valence electrons. The van der Waals surface area contributed by atoms with Crippen molar-refractivity contribution in [2.75, 3.05) is 7.11 Å². The number of methoxy groups -OCH3 is 1. The van der Waals surface area contributed by atoms with Gasteiger partial charge in [-0.05, 0) is 19.4 Å². The summed E-state index contributed by atoms with van der Waals surface area (Å²) in [5, 5.41) is 11.5. The molecule has 1 rings (SSSR count). The van der Waals surface area contributed by atoms with Gasteiger partial charge in [0.05, 0.1) is 5.60 Å². The first-order valence-electron chi connectivity index (χ1n) is 6.59. The van der Waals surface area contributed by atoms with Crippen LogP contribution in [0, 0.1) is 0 Å². The SMILES string of the molecule is COC(C)(C)CC(NC(=O)OCc1ccccc1)C(=O)O. The maximum absolute atomic E-state index is 11.7. The van der Waals surface area contributed by atoms with E-state index in [0.717, 1.165) is 5.56 Å². The first-order valence-corrected chi connectivity index (χ1v) is 6.59. The Hall–Kier alpha value is -2.08. The monoisotopic (exact) mass is 295 g/mol. The second kappa shape index (κ2) is 7.64. The van der Waals surface area contributed by atoms with E-state index >= 15 is 0 Å². The van der Waals surface area contributed by atoms with E-state index in [9.17, 15) is 9.59 Å². The van der Waals surface area contributed by atoms with E-state index in [-0.39, 0.29) is 13.0 Å². The van der Waals surface area contributed by atoms with Gasteiger partial charge in [-0.25, -0.2) is 9.59 Å². The van der Waals surface area contributed by atoms with Crippen LogP contribution < -0.4 is 5.32 Å². The molecular weight excluding hydrogens is 274 g/mol. The summed E-state index contributed by atoms with van der Waals surface area (Å²) in [5.74, 6) is -1.13. The Labute approximate surface area is 124 Å². The summed E-state index contributed by atoms with van der Waals surface area (Å²) in [5.41, 5.74) is 0.173. The van der Waals surface area contributed by atoms with Crippen molar-refractivity contribution in [3.05, 3.63) is 35.9 Å². The maximum Gasteiger partial charge on any atom is 0.408 e. The highest BCUT2D eigenvalue weighted by Gasteiger charge is 2.29. The molecule has 1 unspecified atom stereocenters. The van der Waals surface area contributed by atoms with Crippen molar-refractivity contribution in [1.29, 1.82) is 0 Å². The predicted octanol–water partition coefficient (Wildman–Crippen LogP) is 2.18. The zero-order chi connectivity index (χ0) is 15.9. The molecule has 0 aliphatic carbocycles. The fraction of sp³-hybridized carbons (Fsp3) is 0.467. The van der Waals surface area contributed by atoms with Crippen LogP contribution in [-0.2, 0) is 20.9 Å². The third-order valence-electron chi connectivity index (χ3n) is 3.05. The topological polar surface area (TPSA) is 84.9 Å². The minimum atomic E-state index is -1.13. The average Bonchev–Trinajstić information content (AvgIpc) is 2.45. The van der Waals surface area contributed by atoms with Crippen molar-refractivity contribution in [1.82, 2.24) is 5.32 Å². The number of nitrogens with one attached hydrogen (secondary N) is 1. The minimum Gasteiger partial charge on any atom is -0.480 e. The summed E-state index contributed by atoms with van der Waals surface area (Å²) >= 11 is 0. The van der Waals surface area contributed by atoms with Crippen LogP contribution >= 0.6 is 0 Å². The summed E-state index contributed by atoms with van der Waals surface area (Å²) in [6.07, 6.45) is -0.627. The van der Waals surface area contributed by atoms with E-state index in [1.165, 1.54) is 7.11 Å². The standard InChI is InChI=1S/C15H21NO5/c1-15(2,20-3)9-12(13(17)18)16-14(19)21-10-11-7-5-4-6-8-11/h4-8,12H,9-10H2,1-3H3,(H,16,19)(H,17,18). The molecule has 0 aromatic heterocycles. The number of hydrogen-bond acceptors (Lipinski definition) is 4. The molecule has 0 spiro atoms. The van der Waals surface area contributed by atoms with E-state index in [1.807, 2.05) is 30.3 Å². The van der Waals surface area contributed by atoms with Gasteiger partial charge in [-0.2, -0.15) is 0 Å². The first-order chi connectivity index (χ1) is 9.84. The van der Waals surface area contributed by atoms with Gasteiger partial charge in [-0.15, -0.1) is 0 Å². The number of alkyl carbamates (subject to hydrolysis) is 1. The van der Waals surface area contributed by atoms with Crippen LogP contribution in [0.1, 0.15) is 25.8 Å². The molecule has 0 aliphatic heterocycles. The molecule has 0 aliphatic rings. The molecule has 1 aromatic rings. The number of carboxylic acids is 1. The van der Waals surface area contributed by atoms with Crippen molar-refractivity contribution in [2.45, 2.75) is 38.5 Å². The van der Waals surface area contributed by atoms with Gasteiger partial charge in [0.2, 0.25) is 0 Å². The van der Waals surface area contributed by atoms with Crippen molar-refractivity contribution in [3.8, 4) is 0 Å². The molecule has 0 bridgehead atoms. The third kappa shape index (κ3) is 6.27. The van der Waals surface area contributed by atoms with Crippen LogP contribution in [0.4, 0.5) is 4.79 Å². The highest BCUT2D eigenvalue weighted by molar-refractivity contribution is 5.79. The molecule has 0 radical (unpaired) electrons. The van der Waals surface area contributed by atoms with Gasteiger partial charge in [0.1, 0.15) is 12.6 Å². The number of carbonyl (C=O) groups is 2. The first kappa shape index (κ1) is 17.0. The van der Waals surface area contributed by atoms with E-state index in [0.29, 0.717) is 0 Å². The highest BCUT2D eigenvalue weighted by atomic mass is 16.5. The van der Waals surface area contributed by atoms with Crippen molar-refractivity contribution in [3.63, 3.8) is 0 Å². The Morgan fingerprint density at radius 3 is 2.43 bits per heavy atom. The predicted molar refractivity (Wildman–Crippen MR) is 76.9 cm³/mol. The Morgan fingerprint density at radius 2 is 1.90 bits per heavy atom. The lowest BCUT2D eigenvalue weighted by atomic mass is 9.99. The second-order valence-corrected chi connectivity index (χ2v) is 5.26. The van der Waals surface area contributed by atoms with Crippen LogP contribution in [0.2, 0.25) is 0 Å². The average molecular weight is 295 g/mol.